The Bertz CT molecular complexity index is 1190. The van der Waals surface area contributed by atoms with Gasteiger partial charge in [-0.15, -0.1) is 0 Å². The van der Waals surface area contributed by atoms with Crippen LogP contribution in [0.3, 0.4) is 0 Å². The van der Waals surface area contributed by atoms with Crippen molar-refractivity contribution in [1.82, 2.24) is 0 Å². The molecule has 0 saturated heterocycles. The highest BCUT2D eigenvalue weighted by Crippen LogP contribution is 2.49. The van der Waals surface area contributed by atoms with Crippen LogP contribution < -0.4 is 14.2 Å². The summed E-state index contributed by atoms with van der Waals surface area (Å²) in [5.74, 6) is -0.559. The van der Waals surface area contributed by atoms with Crippen molar-refractivity contribution >= 4 is 29.1 Å². The third-order valence-corrected chi connectivity index (χ3v) is 6.98. The summed E-state index contributed by atoms with van der Waals surface area (Å²) in [5, 5.41) is 0.644. The molecule has 0 amide bonds. The molecular formula is C27H28ClNO6. The van der Waals surface area contributed by atoms with Gasteiger partial charge in [-0.1, -0.05) is 23.7 Å². The lowest BCUT2D eigenvalue weighted by Gasteiger charge is -2.36. The molecule has 0 N–H and O–H groups in total. The van der Waals surface area contributed by atoms with Crippen LogP contribution in [-0.2, 0) is 14.3 Å². The smallest absolute Gasteiger partial charge is 0.315 e. The van der Waals surface area contributed by atoms with E-state index in [0.29, 0.717) is 57.7 Å². The van der Waals surface area contributed by atoms with Crippen molar-refractivity contribution in [2.45, 2.75) is 31.6 Å². The molecule has 35 heavy (non-hydrogen) atoms. The lowest BCUT2D eigenvalue weighted by atomic mass is 9.69. The summed E-state index contributed by atoms with van der Waals surface area (Å²) < 4.78 is 21.7. The van der Waals surface area contributed by atoms with E-state index >= 15 is 0 Å². The van der Waals surface area contributed by atoms with Crippen LogP contribution >= 0.6 is 11.6 Å². The van der Waals surface area contributed by atoms with Crippen molar-refractivity contribution in [1.29, 1.82) is 0 Å². The van der Waals surface area contributed by atoms with E-state index < -0.39 is 17.8 Å². The van der Waals surface area contributed by atoms with E-state index in [-0.39, 0.29) is 11.7 Å². The number of benzene rings is 2. The van der Waals surface area contributed by atoms with Gasteiger partial charge in [-0.3, -0.25) is 14.6 Å². The maximum Gasteiger partial charge on any atom is 0.315 e. The molecule has 0 spiro atoms. The lowest BCUT2D eigenvalue weighted by molar-refractivity contribution is -0.143. The molecular weight excluding hydrogens is 470 g/mol. The van der Waals surface area contributed by atoms with Crippen LogP contribution in [0.5, 0.6) is 17.2 Å². The second kappa shape index (κ2) is 10.1. The van der Waals surface area contributed by atoms with Crippen molar-refractivity contribution in [3.8, 4) is 17.2 Å². The molecule has 0 saturated carbocycles. The molecule has 7 nitrogen and oxygen atoms in total. The van der Waals surface area contributed by atoms with E-state index in [4.69, 9.17) is 35.5 Å². The zero-order valence-electron chi connectivity index (χ0n) is 20.4. The van der Waals surface area contributed by atoms with E-state index in [2.05, 4.69) is 0 Å². The van der Waals surface area contributed by atoms with E-state index in [1.807, 2.05) is 24.3 Å². The van der Waals surface area contributed by atoms with Crippen LogP contribution in [-0.4, -0.2) is 45.9 Å². The van der Waals surface area contributed by atoms with Crippen LogP contribution in [0.25, 0.3) is 0 Å². The Morgan fingerprint density at radius 2 is 1.57 bits per heavy atom. The van der Waals surface area contributed by atoms with Gasteiger partial charge in [0, 0.05) is 34.3 Å². The molecule has 4 rings (SSSR count). The Morgan fingerprint density at radius 1 is 0.943 bits per heavy atom. The molecule has 0 fully saturated rings. The fourth-order valence-corrected chi connectivity index (χ4v) is 5.23. The van der Waals surface area contributed by atoms with Crippen LogP contribution in [0.15, 0.2) is 52.7 Å². The first kappa shape index (κ1) is 24.8. The molecule has 0 radical (unpaired) electrons. The number of nitrogens with zero attached hydrogens (tertiary/aromatic N) is 1. The molecule has 2 aliphatic rings. The molecule has 0 aromatic heterocycles. The summed E-state index contributed by atoms with van der Waals surface area (Å²) in [6.07, 6.45) is 0.888. The number of carbonyl (C=O) groups is 2. The largest absolute Gasteiger partial charge is 0.493 e. The van der Waals surface area contributed by atoms with E-state index in [9.17, 15) is 9.59 Å². The first-order valence-corrected chi connectivity index (χ1v) is 11.6. The Balaban J connectivity index is 1.87. The van der Waals surface area contributed by atoms with E-state index in [1.54, 1.807) is 19.1 Å². The number of ether oxygens (including phenoxy) is 4. The predicted octanol–water partition coefficient (Wildman–Crippen LogP) is 5.11. The average molecular weight is 498 g/mol. The van der Waals surface area contributed by atoms with Crippen molar-refractivity contribution in [3.63, 3.8) is 0 Å². The van der Waals surface area contributed by atoms with E-state index in [0.717, 1.165) is 5.56 Å². The summed E-state index contributed by atoms with van der Waals surface area (Å²) in [6, 6.07) is 11.1. The minimum absolute atomic E-state index is 0.0228. The van der Waals surface area contributed by atoms with Gasteiger partial charge in [0.05, 0.1) is 28.4 Å². The Hall–Kier alpha value is -3.32. The number of rotatable bonds is 6. The Kier molecular flexibility index (Phi) is 7.17. The number of esters is 1. The standard InChI is InChI=1S/C27H28ClNO6/c1-14-23(27(31)35-5)24(17-12-21(32-2)26(34-4)22(13-17)33-3)25-19(29-14)10-16(11-20(25)30)15-6-8-18(28)9-7-15/h6-9,12-13,16,23-24H,10-11H2,1-5H3/t16-,23?,24+/m0/s1. The fraction of sp³-hybridized carbons (Fsp3) is 0.370. The first-order valence-electron chi connectivity index (χ1n) is 11.3. The molecule has 2 aromatic rings. The second-order valence-electron chi connectivity index (χ2n) is 8.63. The highest BCUT2D eigenvalue weighted by Gasteiger charge is 2.45. The number of hydrogen-bond donors (Lipinski definition) is 0. The van der Waals surface area contributed by atoms with Crippen LogP contribution in [0.2, 0.25) is 5.02 Å². The first-order chi connectivity index (χ1) is 16.8. The highest BCUT2D eigenvalue weighted by molar-refractivity contribution is 6.30. The number of hydrogen-bond acceptors (Lipinski definition) is 7. The molecule has 1 aliphatic heterocycles. The minimum Gasteiger partial charge on any atom is -0.493 e. The summed E-state index contributed by atoms with van der Waals surface area (Å²) in [6.45, 7) is 1.80. The monoisotopic (exact) mass is 497 g/mol. The normalized spacial score (nSPS) is 21.7. The maximum absolute atomic E-state index is 13.7. The average Bonchev–Trinajstić information content (AvgIpc) is 2.86. The number of halogens is 1. The molecule has 2 aromatic carbocycles. The number of ketones is 1. The number of aliphatic imine (C=N–C) groups is 1. The van der Waals surface area contributed by atoms with Gasteiger partial charge < -0.3 is 18.9 Å². The van der Waals surface area contributed by atoms with E-state index in [1.165, 1.54) is 28.4 Å². The van der Waals surface area contributed by atoms with Gasteiger partial charge in [-0.2, -0.15) is 0 Å². The van der Waals surface area contributed by atoms with Crippen LogP contribution in [0.4, 0.5) is 0 Å². The van der Waals surface area contributed by atoms with Gasteiger partial charge in [0.15, 0.2) is 17.3 Å². The van der Waals surface area contributed by atoms with Crippen LogP contribution in [0, 0.1) is 5.92 Å². The second-order valence-corrected chi connectivity index (χ2v) is 9.07. The molecule has 3 atom stereocenters. The van der Waals surface area contributed by atoms with Gasteiger partial charge in [0.1, 0.15) is 5.92 Å². The summed E-state index contributed by atoms with van der Waals surface area (Å²) in [7, 11) is 5.92. The van der Waals surface area contributed by atoms with Crippen molar-refractivity contribution in [2.75, 3.05) is 28.4 Å². The van der Waals surface area contributed by atoms with Crippen molar-refractivity contribution < 1.29 is 28.5 Å². The van der Waals surface area contributed by atoms with Gasteiger partial charge in [0.25, 0.3) is 0 Å². The predicted molar refractivity (Wildman–Crippen MR) is 133 cm³/mol. The third-order valence-electron chi connectivity index (χ3n) is 6.73. The summed E-state index contributed by atoms with van der Waals surface area (Å²) >= 11 is 6.06. The number of Topliss-reactive ketones (excluding diaryl/α,β-unsaturated/α-hetero) is 1. The number of methoxy groups -OCH3 is 4. The highest BCUT2D eigenvalue weighted by atomic mass is 35.5. The topological polar surface area (TPSA) is 83.4 Å². The molecule has 1 unspecified atom stereocenters. The van der Waals surface area contributed by atoms with Gasteiger partial charge in [-0.05, 0) is 54.7 Å². The lowest BCUT2D eigenvalue weighted by Crippen LogP contribution is -2.37. The molecule has 0 bridgehead atoms. The fourth-order valence-electron chi connectivity index (χ4n) is 5.10. The molecule has 1 heterocycles. The Morgan fingerprint density at radius 3 is 2.11 bits per heavy atom. The number of carbonyl (C=O) groups excluding carboxylic acids is 2. The quantitative estimate of drug-likeness (QED) is 0.515. The van der Waals surface area contributed by atoms with Gasteiger partial charge in [-0.25, -0.2) is 0 Å². The minimum atomic E-state index is -0.752. The SMILES string of the molecule is COC(=O)C1C(C)=NC2=C(C(=O)C[C@@H](c3ccc(Cl)cc3)C2)[C@@H]1c1cc(OC)c(OC)c(OC)c1. The molecule has 1 aliphatic carbocycles. The van der Waals surface area contributed by atoms with Crippen molar-refractivity contribution in [3.05, 3.63) is 63.8 Å². The zero-order chi connectivity index (χ0) is 25.3. The third kappa shape index (κ3) is 4.52. The van der Waals surface area contributed by atoms with Gasteiger partial charge >= 0.3 is 5.97 Å². The van der Waals surface area contributed by atoms with Crippen molar-refractivity contribution in [2.24, 2.45) is 10.9 Å². The summed E-state index contributed by atoms with van der Waals surface area (Å²) in [5.41, 5.74) is 3.54. The number of allylic oxidation sites excluding steroid dienone is 2. The van der Waals surface area contributed by atoms with Gasteiger partial charge in [0.2, 0.25) is 5.75 Å². The molecule has 184 valence electrons. The maximum atomic E-state index is 13.7. The van der Waals surface area contributed by atoms with Crippen LogP contribution in [0.1, 0.15) is 42.7 Å². The molecule has 8 heteroatoms. The summed E-state index contributed by atoms with van der Waals surface area (Å²) in [4.78, 5) is 31.4. The zero-order valence-corrected chi connectivity index (χ0v) is 21.1. The Labute approximate surface area is 209 Å².